The van der Waals surface area contributed by atoms with E-state index in [-0.39, 0.29) is 6.08 Å². The molecule has 1 N–H and O–H groups in total. The zero-order valence-corrected chi connectivity index (χ0v) is 10.9. The van der Waals surface area contributed by atoms with Crippen LogP contribution < -0.4 is 10.1 Å². The fraction of sp³-hybridized carbons (Fsp3) is 0.357. The first kappa shape index (κ1) is 12.6. The molecule has 0 aliphatic heterocycles. The van der Waals surface area contributed by atoms with Crippen LogP contribution in [-0.4, -0.2) is 12.0 Å². The standard InChI is InChI=1S/C14H18N2O2/c1-10(2)11-5-4-6-13(7-11)18-14-16-12(8-15-3)9-17-14/h4-7,9-10,15H,8H2,1-3H3. The molecule has 0 amide bonds. The summed E-state index contributed by atoms with van der Waals surface area (Å²) in [5.74, 6) is 1.22. The molecule has 0 fully saturated rings. The third-order valence-electron chi connectivity index (χ3n) is 2.62. The van der Waals surface area contributed by atoms with Crippen LogP contribution in [0.15, 0.2) is 34.9 Å². The molecule has 0 saturated heterocycles. The molecule has 1 aromatic heterocycles. The first-order valence-corrected chi connectivity index (χ1v) is 6.06. The molecular weight excluding hydrogens is 228 g/mol. The summed E-state index contributed by atoms with van der Waals surface area (Å²) in [6, 6.07) is 7.96. The van der Waals surface area contributed by atoms with Crippen LogP contribution in [0.4, 0.5) is 0 Å². The van der Waals surface area contributed by atoms with Crippen molar-refractivity contribution in [2.45, 2.75) is 26.3 Å². The van der Waals surface area contributed by atoms with Crippen LogP contribution in [0.2, 0.25) is 0 Å². The summed E-state index contributed by atoms with van der Waals surface area (Å²) in [5.41, 5.74) is 2.06. The van der Waals surface area contributed by atoms with E-state index in [2.05, 4.69) is 30.2 Å². The molecule has 0 atom stereocenters. The van der Waals surface area contributed by atoms with Crippen molar-refractivity contribution in [3.63, 3.8) is 0 Å². The largest absolute Gasteiger partial charge is 0.417 e. The highest BCUT2D eigenvalue weighted by molar-refractivity contribution is 5.31. The molecular formula is C14H18N2O2. The Hall–Kier alpha value is -1.81. The SMILES string of the molecule is CNCc1coc(Oc2cccc(C(C)C)c2)n1. The van der Waals surface area contributed by atoms with Gasteiger partial charge in [-0.05, 0) is 30.7 Å². The van der Waals surface area contributed by atoms with Crippen molar-refractivity contribution in [1.82, 2.24) is 10.3 Å². The summed E-state index contributed by atoms with van der Waals surface area (Å²) in [7, 11) is 1.86. The topological polar surface area (TPSA) is 47.3 Å². The van der Waals surface area contributed by atoms with E-state index in [1.165, 1.54) is 5.56 Å². The van der Waals surface area contributed by atoms with E-state index in [1.54, 1.807) is 6.26 Å². The minimum Gasteiger partial charge on any atom is -0.417 e. The zero-order valence-electron chi connectivity index (χ0n) is 10.9. The van der Waals surface area contributed by atoms with Gasteiger partial charge >= 0.3 is 6.08 Å². The number of nitrogens with zero attached hydrogens (tertiary/aromatic N) is 1. The Bertz CT molecular complexity index is 506. The Morgan fingerprint density at radius 1 is 1.39 bits per heavy atom. The molecule has 0 radical (unpaired) electrons. The van der Waals surface area contributed by atoms with Crippen molar-refractivity contribution in [3.05, 3.63) is 41.8 Å². The van der Waals surface area contributed by atoms with Crippen LogP contribution in [0.3, 0.4) is 0 Å². The summed E-state index contributed by atoms with van der Waals surface area (Å²) < 4.78 is 10.8. The highest BCUT2D eigenvalue weighted by atomic mass is 16.6. The molecule has 0 aliphatic carbocycles. The van der Waals surface area contributed by atoms with E-state index < -0.39 is 0 Å². The predicted molar refractivity (Wildman–Crippen MR) is 69.9 cm³/mol. The van der Waals surface area contributed by atoms with E-state index in [0.29, 0.717) is 12.5 Å². The maximum absolute atomic E-state index is 5.59. The van der Waals surface area contributed by atoms with Crippen molar-refractivity contribution >= 4 is 0 Å². The first-order valence-electron chi connectivity index (χ1n) is 6.06. The maximum atomic E-state index is 5.59. The summed E-state index contributed by atoms with van der Waals surface area (Å²) in [4.78, 5) is 4.22. The van der Waals surface area contributed by atoms with E-state index >= 15 is 0 Å². The Balaban J connectivity index is 2.10. The van der Waals surface area contributed by atoms with Gasteiger partial charge in [0.2, 0.25) is 0 Å². The van der Waals surface area contributed by atoms with Gasteiger partial charge in [0, 0.05) is 6.54 Å². The molecule has 1 aromatic carbocycles. The lowest BCUT2D eigenvalue weighted by Crippen LogP contribution is -2.04. The molecule has 0 unspecified atom stereocenters. The van der Waals surface area contributed by atoms with E-state index in [4.69, 9.17) is 9.15 Å². The van der Waals surface area contributed by atoms with Gasteiger partial charge in [-0.3, -0.25) is 0 Å². The quantitative estimate of drug-likeness (QED) is 0.879. The van der Waals surface area contributed by atoms with Gasteiger partial charge < -0.3 is 14.5 Å². The van der Waals surface area contributed by atoms with E-state index in [1.807, 2.05) is 25.2 Å². The minimum absolute atomic E-state index is 0.279. The molecule has 2 rings (SSSR count). The van der Waals surface area contributed by atoms with Gasteiger partial charge in [0.15, 0.2) is 0 Å². The second-order valence-electron chi connectivity index (χ2n) is 4.46. The van der Waals surface area contributed by atoms with Crippen LogP contribution in [-0.2, 0) is 6.54 Å². The lowest BCUT2D eigenvalue weighted by atomic mass is 10.0. The van der Waals surface area contributed by atoms with Crippen LogP contribution in [0.1, 0.15) is 31.0 Å². The average Bonchev–Trinajstić information content (AvgIpc) is 2.77. The normalized spacial score (nSPS) is 10.9. The molecule has 0 saturated carbocycles. The lowest BCUT2D eigenvalue weighted by molar-refractivity contribution is 0.330. The number of nitrogens with one attached hydrogen (secondary N) is 1. The summed E-state index contributed by atoms with van der Waals surface area (Å²) in [6.45, 7) is 4.96. The highest BCUT2D eigenvalue weighted by Crippen LogP contribution is 2.24. The Morgan fingerprint density at radius 2 is 2.22 bits per heavy atom. The van der Waals surface area contributed by atoms with Crippen molar-refractivity contribution in [2.75, 3.05) is 7.05 Å². The van der Waals surface area contributed by atoms with Gasteiger partial charge in [0.05, 0.1) is 5.69 Å². The van der Waals surface area contributed by atoms with E-state index in [0.717, 1.165) is 11.4 Å². The van der Waals surface area contributed by atoms with Crippen LogP contribution >= 0.6 is 0 Å². The van der Waals surface area contributed by atoms with Crippen LogP contribution in [0, 0.1) is 0 Å². The Kier molecular flexibility index (Phi) is 3.99. The number of hydrogen-bond donors (Lipinski definition) is 1. The fourth-order valence-corrected chi connectivity index (χ4v) is 1.64. The maximum Gasteiger partial charge on any atom is 0.399 e. The summed E-state index contributed by atoms with van der Waals surface area (Å²) >= 11 is 0. The van der Waals surface area contributed by atoms with Gasteiger partial charge in [0.1, 0.15) is 12.0 Å². The molecule has 0 spiro atoms. The Labute approximate surface area is 107 Å². The predicted octanol–water partition coefficient (Wildman–Crippen LogP) is 3.31. The van der Waals surface area contributed by atoms with Gasteiger partial charge in [-0.2, -0.15) is 4.98 Å². The van der Waals surface area contributed by atoms with Crippen molar-refractivity contribution in [3.8, 4) is 11.8 Å². The van der Waals surface area contributed by atoms with Gasteiger partial charge in [0.25, 0.3) is 0 Å². The summed E-state index contributed by atoms with van der Waals surface area (Å²) in [5, 5.41) is 3.01. The third kappa shape index (κ3) is 3.11. The lowest BCUT2D eigenvalue weighted by Gasteiger charge is -2.07. The molecule has 4 heteroatoms. The molecule has 0 aliphatic rings. The van der Waals surface area contributed by atoms with Gasteiger partial charge in [-0.15, -0.1) is 0 Å². The van der Waals surface area contributed by atoms with Gasteiger partial charge in [-0.25, -0.2) is 0 Å². The number of ether oxygens (including phenoxy) is 1. The zero-order chi connectivity index (χ0) is 13.0. The molecule has 1 heterocycles. The molecule has 18 heavy (non-hydrogen) atoms. The third-order valence-corrected chi connectivity index (χ3v) is 2.62. The second-order valence-corrected chi connectivity index (χ2v) is 4.46. The Morgan fingerprint density at radius 3 is 2.94 bits per heavy atom. The number of oxazole rings is 1. The van der Waals surface area contributed by atoms with E-state index in [9.17, 15) is 0 Å². The average molecular weight is 246 g/mol. The monoisotopic (exact) mass is 246 g/mol. The van der Waals surface area contributed by atoms with Crippen molar-refractivity contribution in [1.29, 1.82) is 0 Å². The first-order chi connectivity index (χ1) is 8.69. The van der Waals surface area contributed by atoms with Crippen molar-refractivity contribution < 1.29 is 9.15 Å². The van der Waals surface area contributed by atoms with Crippen LogP contribution in [0.5, 0.6) is 11.8 Å². The van der Waals surface area contributed by atoms with Gasteiger partial charge in [-0.1, -0.05) is 26.0 Å². The number of benzene rings is 1. The molecule has 0 bridgehead atoms. The van der Waals surface area contributed by atoms with Crippen LogP contribution in [0.25, 0.3) is 0 Å². The smallest absolute Gasteiger partial charge is 0.399 e. The molecule has 96 valence electrons. The number of aromatic nitrogens is 1. The minimum atomic E-state index is 0.279. The molecule has 2 aromatic rings. The van der Waals surface area contributed by atoms with Crippen molar-refractivity contribution in [2.24, 2.45) is 0 Å². The highest BCUT2D eigenvalue weighted by Gasteiger charge is 2.07. The number of rotatable bonds is 5. The second kappa shape index (κ2) is 5.69. The number of hydrogen-bond acceptors (Lipinski definition) is 4. The molecule has 4 nitrogen and oxygen atoms in total. The fourth-order valence-electron chi connectivity index (χ4n) is 1.64. The summed E-state index contributed by atoms with van der Waals surface area (Å²) in [6.07, 6.45) is 1.87.